The molecule has 0 amide bonds. The van der Waals surface area contributed by atoms with Crippen molar-refractivity contribution in [2.45, 2.75) is 24.7 Å². The molecule has 1 aromatic rings. The number of rotatable bonds is 5. The highest BCUT2D eigenvalue weighted by molar-refractivity contribution is 7.89. The fourth-order valence-electron chi connectivity index (χ4n) is 1.84. The lowest BCUT2D eigenvalue weighted by Gasteiger charge is -2.10. The predicted molar refractivity (Wildman–Crippen MR) is 76.7 cm³/mol. The molecule has 0 saturated heterocycles. The first kappa shape index (κ1) is 14.9. The maximum absolute atomic E-state index is 12.1. The van der Waals surface area contributed by atoms with Gasteiger partial charge in [-0.15, -0.1) is 0 Å². The van der Waals surface area contributed by atoms with Crippen LogP contribution in [0.1, 0.15) is 19.8 Å². The highest BCUT2D eigenvalue weighted by Gasteiger charge is 2.18. The second-order valence-corrected chi connectivity index (χ2v) is 6.18. The Morgan fingerprint density at radius 2 is 2.00 bits per heavy atom. The molecule has 20 heavy (non-hydrogen) atoms. The van der Waals surface area contributed by atoms with Crippen molar-refractivity contribution in [1.29, 1.82) is 0 Å². The molecule has 1 aromatic carbocycles. The standard InChI is InChI=1S/C14H19NO4S/c1-2-3-4-8-15-20(16,17)12-6-7-13-14(11-12)19-10-5-9-18-13/h2-3,6-7,11,15H,4-5,8-10H2,1H3/b3-2+. The minimum atomic E-state index is -3.51. The molecule has 110 valence electrons. The Bertz CT molecular complexity index is 581. The number of ether oxygens (including phenoxy) is 2. The zero-order valence-electron chi connectivity index (χ0n) is 11.5. The van der Waals surface area contributed by atoms with E-state index in [4.69, 9.17) is 9.47 Å². The number of sulfonamides is 1. The molecule has 1 N–H and O–H groups in total. The molecule has 2 rings (SSSR count). The molecule has 0 aliphatic carbocycles. The second-order valence-electron chi connectivity index (χ2n) is 4.41. The van der Waals surface area contributed by atoms with Crippen molar-refractivity contribution in [2.24, 2.45) is 0 Å². The van der Waals surface area contributed by atoms with E-state index in [0.29, 0.717) is 37.7 Å². The lowest BCUT2D eigenvalue weighted by Crippen LogP contribution is -2.24. The summed E-state index contributed by atoms with van der Waals surface area (Å²) in [4.78, 5) is 0.197. The molecule has 1 aliphatic heterocycles. The fourth-order valence-corrected chi connectivity index (χ4v) is 2.90. The third-order valence-corrected chi connectivity index (χ3v) is 4.33. The summed E-state index contributed by atoms with van der Waals surface area (Å²) in [5, 5.41) is 0. The minimum absolute atomic E-state index is 0.197. The Kier molecular flexibility index (Phi) is 5.03. The Morgan fingerprint density at radius 1 is 1.25 bits per heavy atom. The number of hydrogen-bond acceptors (Lipinski definition) is 4. The fraction of sp³-hybridized carbons (Fsp3) is 0.429. The van der Waals surface area contributed by atoms with Crippen molar-refractivity contribution < 1.29 is 17.9 Å². The highest BCUT2D eigenvalue weighted by atomic mass is 32.2. The molecule has 0 aromatic heterocycles. The summed E-state index contributed by atoms with van der Waals surface area (Å²) in [6.07, 6.45) is 5.26. The topological polar surface area (TPSA) is 64.6 Å². The van der Waals surface area contributed by atoms with Gasteiger partial charge in [-0.05, 0) is 25.5 Å². The maximum Gasteiger partial charge on any atom is 0.240 e. The maximum atomic E-state index is 12.1. The Balaban J connectivity index is 2.13. The monoisotopic (exact) mass is 297 g/mol. The third-order valence-electron chi connectivity index (χ3n) is 2.87. The summed E-state index contributed by atoms with van der Waals surface area (Å²) >= 11 is 0. The lowest BCUT2D eigenvalue weighted by molar-refractivity contribution is 0.297. The van der Waals surface area contributed by atoms with Crippen molar-refractivity contribution in [1.82, 2.24) is 4.72 Å². The van der Waals surface area contributed by atoms with E-state index < -0.39 is 10.0 Å². The smallest absolute Gasteiger partial charge is 0.240 e. The van der Waals surface area contributed by atoms with Crippen LogP contribution in [0.4, 0.5) is 0 Å². The summed E-state index contributed by atoms with van der Waals surface area (Å²) in [7, 11) is -3.51. The third kappa shape index (κ3) is 3.74. The van der Waals surface area contributed by atoms with E-state index in [1.54, 1.807) is 6.07 Å². The molecule has 6 heteroatoms. The number of hydrogen-bond donors (Lipinski definition) is 1. The molecule has 1 aliphatic rings. The van der Waals surface area contributed by atoms with E-state index in [1.165, 1.54) is 12.1 Å². The van der Waals surface area contributed by atoms with Gasteiger partial charge in [0.15, 0.2) is 11.5 Å². The van der Waals surface area contributed by atoms with Crippen molar-refractivity contribution in [3.63, 3.8) is 0 Å². The summed E-state index contributed by atoms with van der Waals surface area (Å²) < 4.78 is 37.8. The zero-order chi connectivity index (χ0) is 14.4. The summed E-state index contributed by atoms with van der Waals surface area (Å²) in [5.74, 6) is 1.08. The molecular formula is C14H19NO4S. The molecule has 0 saturated carbocycles. The van der Waals surface area contributed by atoms with Gasteiger partial charge in [0, 0.05) is 19.0 Å². The van der Waals surface area contributed by atoms with Gasteiger partial charge in [-0.3, -0.25) is 0 Å². The molecule has 1 heterocycles. The van der Waals surface area contributed by atoms with E-state index in [1.807, 2.05) is 19.1 Å². The summed E-state index contributed by atoms with van der Waals surface area (Å²) in [6.45, 7) is 3.39. The van der Waals surface area contributed by atoms with E-state index >= 15 is 0 Å². The first-order valence-electron chi connectivity index (χ1n) is 6.64. The van der Waals surface area contributed by atoms with Crippen LogP contribution in [-0.2, 0) is 10.0 Å². The van der Waals surface area contributed by atoms with E-state index in [0.717, 1.165) is 6.42 Å². The Hall–Kier alpha value is -1.53. The molecular weight excluding hydrogens is 278 g/mol. The van der Waals surface area contributed by atoms with Gasteiger partial charge in [0.1, 0.15) is 0 Å². The summed E-state index contributed by atoms with van der Waals surface area (Å²) in [5.41, 5.74) is 0. The average Bonchev–Trinajstić information content (AvgIpc) is 2.68. The van der Waals surface area contributed by atoms with Crippen molar-refractivity contribution in [2.75, 3.05) is 19.8 Å². The molecule has 0 atom stereocenters. The van der Waals surface area contributed by atoms with Gasteiger partial charge >= 0.3 is 0 Å². The average molecular weight is 297 g/mol. The molecule has 0 spiro atoms. The van der Waals surface area contributed by atoms with Crippen LogP contribution in [0.3, 0.4) is 0 Å². The van der Waals surface area contributed by atoms with E-state index in [9.17, 15) is 8.42 Å². The second kappa shape index (κ2) is 6.76. The molecule has 0 fully saturated rings. The molecule has 0 bridgehead atoms. The van der Waals surface area contributed by atoms with Gasteiger partial charge < -0.3 is 9.47 Å². The van der Waals surface area contributed by atoms with Gasteiger partial charge in [0.25, 0.3) is 0 Å². The van der Waals surface area contributed by atoms with Crippen LogP contribution in [0, 0.1) is 0 Å². The van der Waals surface area contributed by atoms with Crippen LogP contribution in [0.2, 0.25) is 0 Å². The van der Waals surface area contributed by atoms with Gasteiger partial charge in [-0.2, -0.15) is 0 Å². The van der Waals surface area contributed by atoms with Crippen LogP contribution in [-0.4, -0.2) is 28.2 Å². The number of benzene rings is 1. The number of nitrogens with one attached hydrogen (secondary N) is 1. The zero-order valence-corrected chi connectivity index (χ0v) is 12.3. The molecule has 0 unspecified atom stereocenters. The van der Waals surface area contributed by atoms with Crippen molar-refractivity contribution in [3.8, 4) is 11.5 Å². The van der Waals surface area contributed by atoms with Crippen LogP contribution < -0.4 is 14.2 Å². The molecule has 5 nitrogen and oxygen atoms in total. The van der Waals surface area contributed by atoms with E-state index in [2.05, 4.69) is 4.72 Å². The highest BCUT2D eigenvalue weighted by Crippen LogP contribution is 2.31. The normalized spacial score (nSPS) is 15.2. The summed E-state index contributed by atoms with van der Waals surface area (Å²) in [6, 6.07) is 4.69. The van der Waals surface area contributed by atoms with E-state index in [-0.39, 0.29) is 4.90 Å². The SMILES string of the molecule is C/C=C/CCNS(=O)(=O)c1ccc2c(c1)OCCCO2. The van der Waals surface area contributed by atoms with Crippen LogP contribution in [0.15, 0.2) is 35.2 Å². The number of allylic oxidation sites excluding steroid dienone is 1. The van der Waals surface area contributed by atoms with Crippen LogP contribution in [0.5, 0.6) is 11.5 Å². The first-order valence-corrected chi connectivity index (χ1v) is 8.12. The quantitative estimate of drug-likeness (QED) is 0.667. The largest absolute Gasteiger partial charge is 0.490 e. The van der Waals surface area contributed by atoms with Crippen molar-refractivity contribution >= 4 is 10.0 Å². The minimum Gasteiger partial charge on any atom is -0.490 e. The Labute approximate surface area is 119 Å². The van der Waals surface area contributed by atoms with Crippen LogP contribution >= 0.6 is 0 Å². The number of fused-ring (bicyclic) bond motifs is 1. The molecule has 0 radical (unpaired) electrons. The van der Waals surface area contributed by atoms with Gasteiger partial charge in [-0.25, -0.2) is 13.1 Å². The predicted octanol–water partition coefficient (Wildman–Crippen LogP) is 2.09. The first-order chi connectivity index (χ1) is 9.63. The van der Waals surface area contributed by atoms with Gasteiger partial charge in [0.2, 0.25) is 10.0 Å². The van der Waals surface area contributed by atoms with Crippen molar-refractivity contribution in [3.05, 3.63) is 30.4 Å². The van der Waals surface area contributed by atoms with Crippen LogP contribution in [0.25, 0.3) is 0 Å². The Morgan fingerprint density at radius 3 is 2.75 bits per heavy atom. The van der Waals surface area contributed by atoms with Gasteiger partial charge in [0.05, 0.1) is 18.1 Å². The van der Waals surface area contributed by atoms with Gasteiger partial charge in [-0.1, -0.05) is 12.2 Å². The lowest BCUT2D eigenvalue weighted by atomic mass is 10.3.